The minimum Gasteiger partial charge on any atom is -0.478 e. The van der Waals surface area contributed by atoms with E-state index in [-0.39, 0.29) is 0 Å². The van der Waals surface area contributed by atoms with E-state index in [1.165, 1.54) is 5.56 Å². The number of benzene rings is 1. The first-order chi connectivity index (χ1) is 10.2. The van der Waals surface area contributed by atoms with Crippen molar-refractivity contribution in [3.8, 4) is 0 Å². The van der Waals surface area contributed by atoms with E-state index in [4.69, 9.17) is 5.11 Å². The fourth-order valence-corrected chi connectivity index (χ4v) is 2.52. The molecule has 2 aromatic rings. The zero-order valence-electron chi connectivity index (χ0n) is 11.6. The Morgan fingerprint density at radius 1 is 1.29 bits per heavy atom. The number of nitrogens with zero attached hydrogens (tertiary/aromatic N) is 3. The lowest BCUT2D eigenvalue weighted by molar-refractivity contribution is -0.131. The molecule has 0 spiro atoms. The van der Waals surface area contributed by atoms with Crippen LogP contribution in [0.4, 0.5) is 0 Å². The Morgan fingerprint density at radius 3 is 2.86 bits per heavy atom. The van der Waals surface area contributed by atoms with Gasteiger partial charge in [-0.25, -0.2) is 9.78 Å². The maximum atomic E-state index is 10.5. The van der Waals surface area contributed by atoms with Crippen LogP contribution in [0.1, 0.15) is 17.0 Å². The molecule has 0 radical (unpaired) electrons. The van der Waals surface area contributed by atoms with E-state index < -0.39 is 5.97 Å². The molecule has 0 bridgehead atoms. The first kappa shape index (κ1) is 13.6. The van der Waals surface area contributed by atoms with Crippen LogP contribution < -0.4 is 0 Å². The number of hydrogen-bond donors (Lipinski definition) is 1. The van der Waals surface area contributed by atoms with E-state index in [1.54, 1.807) is 6.08 Å². The summed E-state index contributed by atoms with van der Waals surface area (Å²) in [5, 5.41) is 8.61. The molecule has 1 aliphatic rings. The number of aliphatic carboxylic acids is 1. The van der Waals surface area contributed by atoms with Gasteiger partial charge < -0.3 is 9.67 Å². The molecule has 0 unspecified atom stereocenters. The zero-order valence-corrected chi connectivity index (χ0v) is 11.6. The van der Waals surface area contributed by atoms with Gasteiger partial charge in [-0.15, -0.1) is 0 Å². The Labute approximate surface area is 123 Å². The van der Waals surface area contributed by atoms with Gasteiger partial charge in [-0.05, 0) is 17.2 Å². The molecule has 0 amide bonds. The van der Waals surface area contributed by atoms with E-state index >= 15 is 0 Å². The van der Waals surface area contributed by atoms with Crippen LogP contribution in [0, 0.1) is 0 Å². The number of carboxylic acid groups (broad SMARTS) is 1. The van der Waals surface area contributed by atoms with Crippen molar-refractivity contribution in [2.24, 2.45) is 0 Å². The summed E-state index contributed by atoms with van der Waals surface area (Å²) in [7, 11) is 0. The van der Waals surface area contributed by atoms with Crippen molar-refractivity contribution >= 4 is 12.0 Å². The molecule has 0 atom stereocenters. The smallest absolute Gasteiger partial charge is 0.328 e. The lowest BCUT2D eigenvalue weighted by Crippen LogP contribution is -2.33. The lowest BCUT2D eigenvalue weighted by atomic mass is 10.1. The summed E-state index contributed by atoms with van der Waals surface area (Å²) in [4.78, 5) is 17.2. The highest BCUT2D eigenvalue weighted by Gasteiger charge is 2.16. The number of aromatic nitrogens is 2. The maximum absolute atomic E-state index is 10.5. The maximum Gasteiger partial charge on any atom is 0.328 e. The normalized spacial score (nSPS) is 15.2. The van der Waals surface area contributed by atoms with Gasteiger partial charge in [0.2, 0.25) is 0 Å². The van der Waals surface area contributed by atoms with Gasteiger partial charge in [-0.2, -0.15) is 0 Å². The summed E-state index contributed by atoms with van der Waals surface area (Å²) in [5.41, 5.74) is 2.12. The molecule has 5 nitrogen and oxygen atoms in total. The van der Waals surface area contributed by atoms with Gasteiger partial charge in [0.05, 0.1) is 6.54 Å². The van der Waals surface area contributed by atoms with Gasteiger partial charge in [0.1, 0.15) is 5.82 Å². The molecule has 21 heavy (non-hydrogen) atoms. The molecular formula is C16H17N3O2. The number of imidazole rings is 1. The molecule has 0 saturated carbocycles. The number of rotatable bonds is 4. The molecule has 0 saturated heterocycles. The minimum absolute atomic E-state index is 0.869. The largest absolute Gasteiger partial charge is 0.478 e. The van der Waals surface area contributed by atoms with Gasteiger partial charge in [-0.1, -0.05) is 24.3 Å². The Morgan fingerprint density at radius 2 is 2.10 bits per heavy atom. The first-order valence-electron chi connectivity index (χ1n) is 6.93. The predicted molar refractivity (Wildman–Crippen MR) is 79.5 cm³/mol. The molecule has 0 fully saturated rings. The molecule has 1 aliphatic heterocycles. The molecule has 5 heteroatoms. The fraction of sp³-hybridized carbons (Fsp3) is 0.250. The number of carboxylic acids is 1. The Hall–Kier alpha value is -2.40. The Balaban J connectivity index is 1.62. The van der Waals surface area contributed by atoms with Crippen LogP contribution in [0.5, 0.6) is 0 Å². The van der Waals surface area contributed by atoms with E-state index in [9.17, 15) is 4.79 Å². The molecule has 108 valence electrons. The van der Waals surface area contributed by atoms with Crippen LogP contribution >= 0.6 is 0 Å². The van der Waals surface area contributed by atoms with Gasteiger partial charge in [0.25, 0.3) is 0 Å². The summed E-state index contributed by atoms with van der Waals surface area (Å²) >= 11 is 0. The van der Waals surface area contributed by atoms with Crippen LogP contribution in [-0.2, 0) is 24.4 Å². The van der Waals surface area contributed by atoms with Crippen molar-refractivity contribution in [1.82, 2.24) is 14.5 Å². The van der Waals surface area contributed by atoms with Gasteiger partial charge in [-0.3, -0.25) is 4.90 Å². The van der Waals surface area contributed by atoms with Gasteiger partial charge >= 0.3 is 5.97 Å². The van der Waals surface area contributed by atoms with Gasteiger partial charge in [0, 0.05) is 38.1 Å². The van der Waals surface area contributed by atoms with Crippen LogP contribution in [0.2, 0.25) is 0 Å². The average molecular weight is 283 g/mol. The first-order valence-corrected chi connectivity index (χ1v) is 6.93. The molecule has 0 aliphatic carbocycles. The molecule has 2 heterocycles. The number of carbonyl (C=O) groups is 1. The van der Waals surface area contributed by atoms with E-state index in [2.05, 4.69) is 14.5 Å². The van der Waals surface area contributed by atoms with Crippen molar-refractivity contribution in [3.05, 3.63) is 59.7 Å². The van der Waals surface area contributed by atoms with E-state index in [0.29, 0.717) is 0 Å². The average Bonchev–Trinajstić information content (AvgIpc) is 2.94. The SMILES string of the molecule is O=C(O)C=Cc1ccc(CN2CCn3ccnc3C2)cc1. The van der Waals surface area contributed by atoms with E-state index in [0.717, 1.165) is 43.6 Å². The third-order valence-corrected chi connectivity index (χ3v) is 3.63. The Kier molecular flexibility index (Phi) is 3.83. The predicted octanol–water partition coefficient (Wildman–Crippen LogP) is 2.00. The Bertz CT molecular complexity index is 658. The topological polar surface area (TPSA) is 58.4 Å². The standard InChI is InChI=1S/C16H17N3O2/c20-16(21)6-5-13-1-3-14(4-2-13)11-18-9-10-19-8-7-17-15(19)12-18/h1-8H,9-12H2,(H,20,21). The monoisotopic (exact) mass is 283 g/mol. The molecular weight excluding hydrogens is 266 g/mol. The van der Waals surface area contributed by atoms with Crippen LogP contribution in [0.3, 0.4) is 0 Å². The summed E-state index contributed by atoms with van der Waals surface area (Å²) in [6, 6.07) is 7.98. The molecule has 1 aromatic carbocycles. The zero-order chi connectivity index (χ0) is 14.7. The molecule has 1 N–H and O–H groups in total. The highest BCUT2D eigenvalue weighted by Crippen LogP contribution is 2.14. The van der Waals surface area contributed by atoms with Crippen LogP contribution in [-0.4, -0.2) is 32.1 Å². The minimum atomic E-state index is -0.928. The second kappa shape index (κ2) is 5.93. The van der Waals surface area contributed by atoms with Crippen molar-refractivity contribution in [1.29, 1.82) is 0 Å². The fourth-order valence-electron chi connectivity index (χ4n) is 2.52. The van der Waals surface area contributed by atoms with Crippen LogP contribution in [0.25, 0.3) is 6.08 Å². The van der Waals surface area contributed by atoms with Crippen LogP contribution in [0.15, 0.2) is 42.7 Å². The highest BCUT2D eigenvalue weighted by molar-refractivity contribution is 5.85. The second-order valence-corrected chi connectivity index (χ2v) is 5.16. The highest BCUT2D eigenvalue weighted by atomic mass is 16.4. The quantitative estimate of drug-likeness (QED) is 0.872. The lowest BCUT2D eigenvalue weighted by Gasteiger charge is -2.27. The third kappa shape index (κ3) is 3.38. The summed E-state index contributed by atoms with van der Waals surface area (Å²) in [6.45, 7) is 3.75. The van der Waals surface area contributed by atoms with Crippen molar-refractivity contribution in [2.45, 2.75) is 19.6 Å². The van der Waals surface area contributed by atoms with Crippen molar-refractivity contribution in [3.63, 3.8) is 0 Å². The van der Waals surface area contributed by atoms with Crippen molar-refractivity contribution in [2.75, 3.05) is 6.54 Å². The summed E-state index contributed by atoms with van der Waals surface area (Å²) in [6.07, 6.45) is 6.63. The molecule has 3 rings (SSSR count). The molecule has 1 aromatic heterocycles. The second-order valence-electron chi connectivity index (χ2n) is 5.16. The summed E-state index contributed by atoms with van der Waals surface area (Å²) < 4.78 is 2.19. The van der Waals surface area contributed by atoms with Gasteiger partial charge in [0.15, 0.2) is 0 Å². The number of hydrogen-bond acceptors (Lipinski definition) is 3. The van der Waals surface area contributed by atoms with E-state index in [1.807, 2.05) is 36.7 Å². The third-order valence-electron chi connectivity index (χ3n) is 3.63. The van der Waals surface area contributed by atoms with Crippen molar-refractivity contribution < 1.29 is 9.90 Å². The summed E-state index contributed by atoms with van der Waals surface area (Å²) in [5.74, 6) is 0.185. The number of fused-ring (bicyclic) bond motifs is 1.